The highest BCUT2D eigenvalue weighted by Crippen LogP contribution is 1.85. The minimum absolute atomic E-state index is 0.424. The molecule has 2 N–H and O–H groups in total. The van der Waals surface area contributed by atoms with Gasteiger partial charge in [-0.05, 0) is 0 Å². The summed E-state index contributed by atoms with van der Waals surface area (Å²) < 4.78 is 6.76. The fourth-order valence-electron chi connectivity index (χ4n) is 0.237. The van der Waals surface area contributed by atoms with E-state index in [1.165, 1.54) is 0 Å². The molecule has 0 aromatic heterocycles. The molecule has 0 atom stereocenters. The van der Waals surface area contributed by atoms with Crippen molar-refractivity contribution in [2.75, 3.05) is 13.1 Å². The Hall–Kier alpha value is -0.0800. The van der Waals surface area contributed by atoms with Crippen LogP contribution >= 0.6 is 0 Å². The summed E-state index contributed by atoms with van der Waals surface area (Å²) in [5, 5.41) is 11.3. The Bertz CT molecular complexity index is 57.8. The van der Waals surface area contributed by atoms with Gasteiger partial charge in [0.15, 0.2) is 0 Å². The topological polar surface area (TPSA) is 32.3 Å². The third kappa shape index (κ3) is 0.412. The average molecular weight is 74.1 g/mol. The van der Waals surface area contributed by atoms with Crippen molar-refractivity contribution < 1.29 is 6.48 Å². The Balaban J connectivity index is 2.31. The lowest BCUT2D eigenvalue weighted by Gasteiger charge is -2.20. The van der Waals surface area contributed by atoms with Crippen LogP contribution in [0.3, 0.4) is 0 Å². The van der Waals surface area contributed by atoms with Gasteiger partial charge in [-0.25, -0.2) is 0 Å². The summed E-state index contributed by atoms with van der Waals surface area (Å²) in [5.74, 6) is 0. The molecule has 0 aromatic carbocycles. The van der Waals surface area contributed by atoms with Crippen LogP contribution in [0, 0.1) is 0 Å². The molecule has 0 bridgehead atoms. The Kier molecular flexibility index (Phi) is 0.411. The molecule has 0 radical (unpaired) electrons. The summed E-state index contributed by atoms with van der Waals surface area (Å²) in [7, 11) is 0. The summed E-state index contributed by atoms with van der Waals surface area (Å²) in [6.45, 7) is 0.847. The van der Waals surface area contributed by atoms with Crippen molar-refractivity contribution in [2.24, 2.45) is 0 Å². The maximum atomic E-state index is 8.52. The zero-order chi connectivity index (χ0) is 4.62. The first kappa shape index (κ1) is 2.16. The molecule has 1 fully saturated rings. The van der Waals surface area contributed by atoms with E-state index in [0.29, 0.717) is 13.1 Å². The molecule has 0 unspecified atom stereocenters. The minimum atomic E-state index is -1.14. The highest BCUT2D eigenvalue weighted by Gasteiger charge is 2.10. The van der Waals surface area contributed by atoms with Gasteiger partial charge >= 0.3 is 0 Å². The molecule has 5 heavy (non-hydrogen) atoms. The maximum Gasteiger partial charge on any atom is 0.0788 e. The largest absolute Gasteiger partial charge is 0.390 e. The second-order valence-electron chi connectivity index (χ2n) is 1.17. The van der Waals surface area contributed by atoms with E-state index in [1.807, 2.05) is 0 Å². The number of aliphatic hydroxyl groups is 1. The van der Waals surface area contributed by atoms with Gasteiger partial charge in [-0.2, -0.15) is 0 Å². The zero-order valence-corrected chi connectivity index (χ0v) is 2.86. The first-order valence-corrected chi connectivity index (χ1v) is 1.64. The number of hydrogen-bond acceptors (Lipinski definition) is 2. The van der Waals surface area contributed by atoms with Crippen LogP contribution in [0.25, 0.3) is 0 Å². The molecular weight excluding hydrogens is 66.0 g/mol. The molecule has 1 aliphatic rings. The maximum absolute atomic E-state index is 8.52. The summed E-state index contributed by atoms with van der Waals surface area (Å²) in [5.41, 5.74) is 0. The van der Waals surface area contributed by atoms with Crippen LogP contribution in [0.15, 0.2) is 0 Å². The van der Waals surface area contributed by atoms with Crippen LogP contribution in [0.2, 0.25) is 0 Å². The summed E-state index contributed by atoms with van der Waals surface area (Å²) in [6, 6.07) is 0. The first-order valence-electron chi connectivity index (χ1n) is 2.14. The van der Waals surface area contributed by atoms with Crippen LogP contribution in [-0.4, -0.2) is 24.3 Å². The highest BCUT2D eigenvalue weighted by molar-refractivity contribution is 4.71. The lowest BCUT2D eigenvalue weighted by molar-refractivity contribution is 0.117. The molecule has 0 amide bonds. The van der Waals surface area contributed by atoms with E-state index in [1.54, 1.807) is 0 Å². The fourth-order valence-corrected chi connectivity index (χ4v) is 0.237. The van der Waals surface area contributed by atoms with Gasteiger partial charge in [-0.1, -0.05) is 0 Å². The quantitative estimate of drug-likeness (QED) is 0.384. The van der Waals surface area contributed by atoms with Crippen LogP contribution in [0.4, 0.5) is 0 Å². The van der Waals surface area contributed by atoms with Crippen LogP contribution in [0.5, 0.6) is 0 Å². The van der Waals surface area contributed by atoms with E-state index in [0.717, 1.165) is 0 Å². The van der Waals surface area contributed by atoms with E-state index >= 15 is 0 Å². The lowest BCUT2D eigenvalue weighted by Crippen LogP contribution is -2.46. The Morgan fingerprint density at radius 1 is 2.00 bits per heavy atom. The summed E-state index contributed by atoms with van der Waals surface area (Å²) >= 11 is 0. The smallest absolute Gasteiger partial charge is 0.0788 e. The van der Waals surface area contributed by atoms with Crippen molar-refractivity contribution in [3.63, 3.8) is 0 Å². The Labute approximate surface area is 32.2 Å². The molecular formula is C3H7NO. The van der Waals surface area contributed by atoms with E-state index < -0.39 is 6.08 Å². The van der Waals surface area contributed by atoms with E-state index in [4.69, 9.17) is 6.48 Å². The number of nitrogens with one attached hydrogen (secondary N) is 1. The molecule has 2 nitrogen and oxygen atoms in total. The monoisotopic (exact) mass is 74.1 g/mol. The van der Waals surface area contributed by atoms with Gasteiger partial charge in [0.1, 0.15) is 0 Å². The van der Waals surface area contributed by atoms with Crippen molar-refractivity contribution in [3.05, 3.63) is 0 Å². The van der Waals surface area contributed by atoms with E-state index in [2.05, 4.69) is 5.32 Å². The summed E-state index contributed by atoms with van der Waals surface area (Å²) in [4.78, 5) is 0. The van der Waals surface area contributed by atoms with E-state index in [-0.39, 0.29) is 0 Å². The van der Waals surface area contributed by atoms with Crippen LogP contribution in [-0.2, 0) is 0 Å². The standard InChI is InChI=1S/C3H7NO/c5-3-1-4-2-3/h3-5H,1-2H2/i3D. The van der Waals surface area contributed by atoms with Gasteiger partial charge in [0, 0.05) is 13.1 Å². The Morgan fingerprint density at radius 2 is 2.40 bits per heavy atom. The van der Waals surface area contributed by atoms with Gasteiger partial charge in [0.05, 0.1) is 7.45 Å². The van der Waals surface area contributed by atoms with Crippen molar-refractivity contribution in [2.45, 2.75) is 6.08 Å². The van der Waals surface area contributed by atoms with Crippen molar-refractivity contribution in [1.29, 1.82) is 0 Å². The van der Waals surface area contributed by atoms with Gasteiger partial charge in [0.2, 0.25) is 0 Å². The van der Waals surface area contributed by atoms with Crippen LogP contribution in [0.1, 0.15) is 1.37 Å². The predicted octanol–water partition coefficient (Wildman–Crippen LogP) is -1.05. The molecule has 1 saturated heterocycles. The van der Waals surface area contributed by atoms with Gasteiger partial charge < -0.3 is 10.4 Å². The third-order valence-electron chi connectivity index (χ3n) is 0.658. The molecule has 0 aromatic rings. The normalized spacial score (nSPS) is 35.0. The molecule has 2 heteroatoms. The second-order valence-corrected chi connectivity index (χ2v) is 1.17. The molecule has 0 spiro atoms. The molecule has 0 aliphatic carbocycles. The van der Waals surface area contributed by atoms with Crippen LogP contribution < -0.4 is 5.32 Å². The molecule has 1 heterocycles. The highest BCUT2D eigenvalue weighted by atomic mass is 16.3. The third-order valence-corrected chi connectivity index (χ3v) is 0.658. The number of rotatable bonds is 0. The van der Waals surface area contributed by atoms with Gasteiger partial charge in [-0.15, -0.1) is 0 Å². The molecule has 30 valence electrons. The van der Waals surface area contributed by atoms with Gasteiger partial charge in [-0.3, -0.25) is 0 Å². The molecule has 0 saturated carbocycles. The average Bonchev–Trinajstić information content (AvgIpc) is 1.32. The molecule has 1 aliphatic heterocycles. The Morgan fingerprint density at radius 3 is 2.40 bits per heavy atom. The van der Waals surface area contributed by atoms with E-state index in [9.17, 15) is 0 Å². The van der Waals surface area contributed by atoms with Crippen molar-refractivity contribution in [3.8, 4) is 0 Å². The molecule has 1 rings (SSSR count). The first-order chi connectivity index (χ1) is 2.71. The van der Waals surface area contributed by atoms with Crippen molar-refractivity contribution in [1.82, 2.24) is 5.32 Å². The lowest BCUT2D eigenvalue weighted by atomic mass is 10.2. The number of hydrogen-bond donors (Lipinski definition) is 2. The zero-order valence-electron chi connectivity index (χ0n) is 3.86. The number of β-amino-alcohol motifs (C(OH)–C–C–N with tert-alkyl or cyclic N) is 1. The summed E-state index contributed by atoms with van der Waals surface area (Å²) in [6.07, 6.45) is -1.14. The second kappa shape index (κ2) is 0.954. The van der Waals surface area contributed by atoms with Crippen molar-refractivity contribution >= 4 is 0 Å². The predicted molar refractivity (Wildman–Crippen MR) is 18.9 cm³/mol. The SMILES string of the molecule is [2H]C1(O)CNC1. The van der Waals surface area contributed by atoms with Gasteiger partial charge in [0.25, 0.3) is 0 Å². The minimum Gasteiger partial charge on any atom is -0.390 e. The fraction of sp³-hybridized carbons (Fsp3) is 1.00.